The number of hydrogen-bond acceptors (Lipinski definition) is 4. The zero-order valence-electron chi connectivity index (χ0n) is 9.62. The van der Waals surface area contributed by atoms with Crippen LogP contribution in [0, 0.1) is 0 Å². The Labute approximate surface area is 101 Å². The maximum Gasteiger partial charge on any atom is 0.408 e. The summed E-state index contributed by atoms with van der Waals surface area (Å²) in [5.41, 5.74) is 5.29. The van der Waals surface area contributed by atoms with Crippen LogP contribution in [-0.4, -0.2) is 42.1 Å². The van der Waals surface area contributed by atoms with Crippen LogP contribution in [0.2, 0.25) is 0 Å². The van der Waals surface area contributed by atoms with Crippen LogP contribution >= 0.6 is 0 Å². The van der Waals surface area contributed by atoms with Crippen molar-refractivity contribution in [3.8, 4) is 0 Å². The van der Waals surface area contributed by atoms with E-state index in [1.807, 2.05) is 0 Å². The largest absolute Gasteiger partial charge is 0.408 e. The van der Waals surface area contributed by atoms with Gasteiger partial charge in [-0.1, -0.05) is 0 Å². The number of aromatic nitrogens is 2. The lowest BCUT2D eigenvalue weighted by Crippen LogP contribution is -2.27. The summed E-state index contributed by atoms with van der Waals surface area (Å²) in [6.45, 7) is -0.760. The highest BCUT2D eigenvalue weighted by molar-refractivity contribution is 5.98. The molecule has 9 heteroatoms. The average Bonchev–Trinajstić information content (AvgIpc) is 2.57. The number of nitrogens with zero attached hydrogens (tertiary/aromatic N) is 2. The number of rotatable bonds is 5. The molecule has 0 aliphatic heterocycles. The zero-order valence-corrected chi connectivity index (χ0v) is 9.62. The summed E-state index contributed by atoms with van der Waals surface area (Å²) < 4.78 is 41.6. The summed E-state index contributed by atoms with van der Waals surface area (Å²) in [4.78, 5) is 11.5. The quantitative estimate of drug-likeness (QED) is 0.756. The number of nitrogens with one attached hydrogen (secondary N) is 1. The average molecular weight is 266 g/mol. The van der Waals surface area contributed by atoms with Crippen LogP contribution < -0.4 is 11.1 Å². The number of nitrogens with two attached hydrogens (primary N) is 1. The Morgan fingerprint density at radius 3 is 2.83 bits per heavy atom. The van der Waals surface area contributed by atoms with E-state index >= 15 is 0 Å². The Bertz CT molecular complexity index is 416. The van der Waals surface area contributed by atoms with Gasteiger partial charge in [0.1, 0.15) is 12.1 Å². The van der Waals surface area contributed by atoms with Gasteiger partial charge >= 0.3 is 6.18 Å². The molecule has 0 saturated heterocycles. The Kier molecular flexibility index (Phi) is 4.54. The molecule has 1 amide bonds. The molecule has 3 N–H and O–H groups in total. The van der Waals surface area contributed by atoms with Gasteiger partial charge in [0.2, 0.25) is 0 Å². The Morgan fingerprint density at radius 1 is 1.61 bits per heavy atom. The highest BCUT2D eigenvalue weighted by atomic mass is 19.4. The molecule has 0 spiro atoms. The number of carbonyl (C=O) groups excluding carboxylic acids is 1. The maximum absolute atomic E-state index is 12.1. The maximum atomic E-state index is 12.1. The molecule has 0 bridgehead atoms. The Morgan fingerprint density at radius 2 is 2.28 bits per heavy atom. The number of halogens is 3. The standard InChI is InChI=1S/C9H13F3N4O2/c1-18-3-2-14-8(17)6-4-16(15-7(6)13)5-9(10,11)12/h4H,2-3,5H2,1H3,(H2,13,15)(H,14,17). The van der Waals surface area contributed by atoms with E-state index in [2.05, 4.69) is 10.4 Å². The lowest BCUT2D eigenvalue weighted by molar-refractivity contribution is -0.142. The van der Waals surface area contributed by atoms with E-state index in [1.54, 1.807) is 0 Å². The molecule has 0 aliphatic carbocycles. The first-order valence-electron chi connectivity index (χ1n) is 5.00. The zero-order chi connectivity index (χ0) is 13.8. The van der Waals surface area contributed by atoms with E-state index in [1.165, 1.54) is 7.11 Å². The fourth-order valence-corrected chi connectivity index (χ4v) is 1.24. The topological polar surface area (TPSA) is 82.2 Å². The number of hydrogen-bond donors (Lipinski definition) is 2. The third-order valence-corrected chi connectivity index (χ3v) is 1.97. The SMILES string of the molecule is COCCNC(=O)c1cn(CC(F)(F)F)nc1N. The van der Waals surface area contributed by atoms with E-state index in [-0.39, 0.29) is 17.9 Å². The second-order valence-corrected chi connectivity index (χ2v) is 3.49. The minimum absolute atomic E-state index is 0.0876. The van der Waals surface area contributed by atoms with E-state index in [9.17, 15) is 18.0 Å². The van der Waals surface area contributed by atoms with Crippen LogP contribution in [0.4, 0.5) is 19.0 Å². The summed E-state index contributed by atoms with van der Waals surface area (Å²) >= 11 is 0. The molecular formula is C9H13F3N4O2. The smallest absolute Gasteiger partial charge is 0.383 e. The number of methoxy groups -OCH3 is 1. The summed E-state index contributed by atoms with van der Waals surface area (Å²) in [6.07, 6.45) is -3.45. The molecule has 0 fully saturated rings. The lowest BCUT2D eigenvalue weighted by atomic mass is 10.3. The van der Waals surface area contributed by atoms with Gasteiger partial charge in [-0.05, 0) is 0 Å². The molecule has 1 rings (SSSR count). The molecule has 0 radical (unpaired) electrons. The van der Waals surface area contributed by atoms with E-state index in [0.29, 0.717) is 11.3 Å². The molecule has 0 atom stereocenters. The van der Waals surface area contributed by atoms with Crippen LogP contribution in [0.1, 0.15) is 10.4 Å². The van der Waals surface area contributed by atoms with Crippen LogP contribution in [0.5, 0.6) is 0 Å². The van der Waals surface area contributed by atoms with Gasteiger partial charge < -0.3 is 15.8 Å². The molecule has 0 aromatic carbocycles. The summed E-state index contributed by atoms with van der Waals surface area (Å²) in [7, 11) is 1.46. The molecule has 6 nitrogen and oxygen atoms in total. The highest BCUT2D eigenvalue weighted by Gasteiger charge is 2.29. The predicted molar refractivity (Wildman–Crippen MR) is 56.9 cm³/mol. The first-order chi connectivity index (χ1) is 8.33. The van der Waals surface area contributed by atoms with E-state index < -0.39 is 18.6 Å². The molecule has 1 aromatic rings. The summed E-state index contributed by atoms with van der Waals surface area (Å²) in [6, 6.07) is 0. The molecule has 1 heterocycles. The van der Waals surface area contributed by atoms with Crippen molar-refractivity contribution < 1.29 is 22.7 Å². The van der Waals surface area contributed by atoms with Crippen LogP contribution in [-0.2, 0) is 11.3 Å². The molecule has 102 valence electrons. The van der Waals surface area contributed by atoms with Gasteiger partial charge in [0.25, 0.3) is 5.91 Å². The molecule has 0 aliphatic rings. The third-order valence-electron chi connectivity index (χ3n) is 1.97. The first kappa shape index (κ1) is 14.3. The van der Waals surface area contributed by atoms with Gasteiger partial charge in [-0.25, -0.2) is 0 Å². The first-order valence-corrected chi connectivity index (χ1v) is 5.00. The van der Waals surface area contributed by atoms with Gasteiger partial charge in [0.05, 0.1) is 6.61 Å². The van der Waals surface area contributed by atoms with Crippen molar-refractivity contribution in [2.24, 2.45) is 0 Å². The Hall–Kier alpha value is -1.77. The number of nitrogen functional groups attached to an aromatic ring is 1. The van der Waals surface area contributed by atoms with Crippen molar-refractivity contribution >= 4 is 11.7 Å². The van der Waals surface area contributed by atoms with Crippen LogP contribution in [0.15, 0.2) is 6.20 Å². The van der Waals surface area contributed by atoms with Crippen molar-refractivity contribution in [2.45, 2.75) is 12.7 Å². The number of carbonyl (C=O) groups is 1. The molecule has 0 saturated carbocycles. The third kappa shape index (κ3) is 4.24. The fraction of sp³-hybridized carbons (Fsp3) is 0.556. The van der Waals surface area contributed by atoms with Gasteiger partial charge in [-0.3, -0.25) is 9.48 Å². The van der Waals surface area contributed by atoms with Gasteiger partial charge in [0, 0.05) is 19.9 Å². The predicted octanol–water partition coefficient (Wildman–Crippen LogP) is 0.404. The minimum atomic E-state index is -4.41. The van der Waals surface area contributed by atoms with Crippen molar-refractivity contribution in [1.82, 2.24) is 15.1 Å². The minimum Gasteiger partial charge on any atom is -0.383 e. The van der Waals surface area contributed by atoms with Crippen molar-refractivity contribution in [1.29, 1.82) is 0 Å². The van der Waals surface area contributed by atoms with Crippen molar-refractivity contribution in [2.75, 3.05) is 26.0 Å². The normalized spacial score (nSPS) is 11.6. The molecular weight excluding hydrogens is 253 g/mol. The second kappa shape index (κ2) is 5.71. The molecule has 1 aromatic heterocycles. The highest BCUT2D eigenvalue weighted by Crippen LogP contribution is 2.18. The summed E-state index contributed by atoms with van der Waals surface area (Å²) in [5.74, 6) is -0.827. The van der Waals surface area contributed by atoms with E-state index in [0.717, 1.165) is 6.20 Å². The van der Waals surface area contributed by atoms with Gasteiger partial charge in [-0.2, -0.15) is 18.3 Å². The van der Waals surface area contributed by atoms with Crippen molar-refractivity contribution in [3.63, 3.8) is 0 Å². The number of ether oxygens (including phenoxy) is 1. The lowest BCUT2D eigenvalue weighted by Gasteiger charge is -2.05. The fourth-order valence-electron chi connectivity index (χ4n) is 1.24. The number of amides is 1. The molecule has 0 unspecified atom stereocenters. The second-order valence-electron chi connectivity index (χ2n) is 3.49. The van der Waals surface area contributed by atoms with E-state index in [4.69, 9.17) is 10.5 Å². The van der Waals surface area contributed by atoms with Crippen LogP contribution in [0.3, 0.4) is 0 Å². The van der Waals surface area contributed by atoms with Crippen LogP contribution in [0.25, 0.3) is 0 Å². The number of anilines is 1. The molecule has 18 heavy (non-hydrogen) atoms. The Balaban J connectivity index is 2.69. The van der Waals surface area contributed by atoms with Gasteiger partial charge in [0.15, 0.2) is 5.82 Å². The number of alkyl halides is 3. The van der Waals surface area contributed by atoms with Crippen molar-refractivity contribution in [3.05, 3.63) is 11.8 Å². The van der Waals surface area contributed by atoms with Gasteiger partial charge in [-0.15, -0.1) is 0 Å². The monoisotopic (exact) mass is 266 g/mol. The summed E-state index contributed by atoms with van der Waals surface area (Å²) in [5, 5.41) is 5.87.